The summed E-state index contributed by atoms with van der Waals surface area (Å²) in [5.41, 5.74) is 0.153. The topological polar surface area (TPSA) is 67.9 Å². The minimum atomic E-state index is -0.0543. The third-order valence-electron chi connectivity index (χ3n) is 5.50. The summed E-state index contributed by atoms with van der Waals surface area (Å²) in [5, 5.41) is 3.08. The van der Waals surface area contributed by atoms with Gasteiger partial charge in [-0.25, -0.2) is 0 Å². The normalized spacial score (nSPS) is 21.5. The molecule has 25 heavy (non-hydrogen) atoms. The van der Waals surface area contributed by atoms with Crippen molar-refractivity contribution in [1.82, 2.24) is 10.2 Å². The van der Waals surface area contributed by atoms with Crippen LogP contribution in [0.1, 0.15) is 25.7 Å². The van der Waals surface area contributed by atoms with Crippen LogP contribution in [0.2, 0.25) is 0 Å². The fourth-order valence-corrected chi connectivity index (χ4v) is 3.84. The number of hydrogen-bond donors (Lipinski definition) is 1. The number of nitrogens with one attached hydrogen (secondary N) is 1. The predicted octanol–water partition coefficient (Wildman–Crippen LogP) is 1.60. The molecule has 2 fully saturated rings. The van der Waals surface area contributed by atoms with Crippen LogP contribution in [0.3, 0.4) is 0 Å². The van der Waals surface area contributed by atoms with Crippen molar-refractivity contribution in [2.24, 2.45) is 5.41 Å². The smallest absolute Gasteiger partial charge is 0.260 e. The van der Waals surface area contributed by atoms with Crippen molar-refractivity contribution in [3.8, 4) is 5.75 Å². The summed E-state index contributed by atoms with van der Waals surface area (Å²) < 4.78 is 10.4. The third kappa shape index (κ3) is 4.12. The van der Waals surface area contributed by atoms with E-state index in [0.29, 0.717) is 5.75 Å². The van der Waals surface area contributed by atoms with E-state index >= 15 is 0 Å². The summed E-state index contributed by atoms with van der Waals surface area (Å²) in [6, 6.07) is 9.60. The molecule has 1 unspecified atom stereocenters. The van der Waals surface area contributed by atoms with E-state index in [1.165, 1.54) is 7.11 Å². The van der Waals surface area contributed by atoms with Gasteiger partial charge in [0.2, 0.25) is 5.91 Å². The van der Waals surface area contributed by atoms with Gasteiger partial charge in [-0.3, -0.25) is 9.59 Å². The molecule has 1 aliphatic heterocycles. The van der Waals surface area contributed by atoms with Crippen LogP contribution in [-0.2, 0) is 14.3 Å². The number of ether oxygens (including phenoxy) is 2. The summed E-state index contributed by atoms with van der Waals surface area (Å²) in [4.78, 5) is 26.0. The van der Waals surface area contributed by atoms with E-state index in [9.17, 15) is 9.59 Å². The monoisotopic (exact) mass is 346 g/mol. The molecule has 2 amide bonds. The average Bonchev–Trinajstić information content (AvgIpc) is 2.64. The molecule has 0 radical (unpaired) electrons. The number of benzene rings is 1. The Labute approximate surface area is 148 Å². The minimum absolute atomic E-state index is 0.0259. The maximum absolute atomic E-state index is 12.3. The Balaban J connectivity index is 1.45. The second kappa shape index (κ2) is 7.87. The Morgan fingerprint density at radius 1 is 1.16 bits per heavy atom. The number of likely N-dealkylation sites (tertiary alicyclic amines) is 1. The third-order valence-corrected chi connectivity index (χ3v) is 5.50. The van der Waals surface area contributed by atoms with E-state index in [2.05, 4.69) is 5.32 Å². The van der Waals surface area contributed by atoms with Gasteiger partial charge in [-0.2, -0.15) is 0 Å². The molecule has 0 aromatic heterocycles. The number of nitrogens with zero attached hydrogens (tertiary/aromatic N) is 1. The molecule has 1 aromatic carbocycles. The molecule has 1 aromatic rings. The first kappa shape index (κ1) is 17.7. The number of carbonyl (C=O) groups excluding carboxylic acids is 2. The molecule has 1 aliphatic carbocycles. The molecule has 1 saturated carbocycles. The SMILES string of the molecule is COCC(=O)NC1CCC12CCN(C(=O)COc1ccccc1)CC2. The van der Waals surface area contributed by atoms with Crippen LogP contribution in [0.4, 0.5) is 0 Å². The Morgan fingerprint density at radius 3 is 2.48 bits per heavy atom. The van der Waals surface area contributed by atoms with Gasteiger partial charge in [-0.15, -0.1) is 0 Å². The molecule has 1 heterocycles. The van der Waals surface area contributed by atoms with Crippen LogP contribution in [0.15, 0.2) is 30.3 Å². The Hall–Kier alpha value is -2.08. The van der Waals surface area contributed by atoms with Gasteiger partial charge >= 0.3 is 0 Å². The van der Waals surface area contributed by atoms with Gasteiger partial charge in [-0.05, 0) is 43.2 Å². The Bertz CT molecular complexity index is 597. The lowest BCUT2D eigenvalue weighted by atomic mass is 9.59. The maximum Gasteiger partial charge on any atom is 0.260 e. The fraction of sp³-hybridized carbons (Fsp3) is 0.579. The highest BCUT2D eigenvalue weighted by Gasteiger charge is 2.49. The molecule has 136 valence electrons. The number of hydrogen-bond acceptors (Lipinski definition) is 4. The number of para-hydroxylation sites is 1. The Kier molecular flexibility index (Phi) is 5.58. The van der Waals surface area contributed by atoms with Gasteiger partial charge in [0.1, 0.15) is 12.4 Å². The van der Waals surface area contributed by atoms with E-state index < -0.39 is 0 Å². The number of amides is 2. The van der Waals surface area contributed by atoms with Crippen molar-refractivity contribution in [3.63, 3.8) is 0 Å². The number of rotatable bonds is 6. The first-order valence-corrected chi connectivity index (χ1v) is 8.87. The predicted molar refractivity (Wildman–Crippen MR) is 93.2 cm³/mol. The minimum Gasteiger partial charge on any atom is -0.484 e. The highest BCUT2D eigenvalue weighted by Crippen LogP contribution is 2.49. The second-order valence-electron chi connectivity index (χ2n) is 6.94. The van der Waals surface area contributed by atoms with Crippen molar-refractivity contribution >= 4 is 11.8 Å². The summed E-state index contributed by atoms with van der Waals surface area (Å²) in [6.07, 6.45) is 4.00. The van der Waals surface area contributed by atoms with Gasteiger partial charge in [-0.1, -0.05) is 18.2 Å². The van der Waals surface area contributed by atoms with E-state index in [0.717, 1.165) is 38.8 Å². The van der Waals surface area contributed by atoms with Crippen LogP contribution >= 0.6 is 0 Å². The van der Waals surface area contributed by atoms with Crippen molar-refractivity contribution < 1.29 is 19.1 Å². The molecule has 6 nitrogen and oxygen atoms in total. The molecule has 1 atom stereocenters. The highest BCUT2D eigenvalue weighted by molar-refractivity contribution is 5.78. The molecular formula is C19H26N2O4. The number of piperidine rings is 1. The largest absolute Gasteiger partial charge is 0.484 e. The van der Waals surface area contributed by atoms with Gasteiger partial charge in [0.25, 0.3) is 5.91 Å². The summed E-state index contributed by atoms with van der Waals surface area (Å²) in [6.45, 7) is 1.64. The van der Waals surface area contributed by atoms with Crippen molar-refractivity contribution in [3.05, 3.63) is 30.3 Å². The van der Waals surface area contributed by atoms with Crippen LogP contribution in [-0.4, -0.2) is 56.2 Å². The first-order valence-electron chi connectivity index (χ1n) is 8.87. The molecule has 3 rings (SSSR count). The highest BCUT2D eigenvalue weighted by atomic mass is 16.5. The molecule has 1 spiro atoms. The van der Waals surface area contributed by atoms with Crippen LogP contribution in [0, 0.1) is 5.41 Å². The quantitative estimate of drug-likeness (QED) is 0.850. The summed E-state index contributed by atoms with van der Waals surface area (Å²) in [7, 11) is 1.53. The molecule has 6 heteroatoms. The van der Waals surface area contributed by atoms with Gasteiger partial charge in [0.15, 0.2) is 6.61 Å². The second-order valence-corrected chi connectivity index (χ2v) is 6.94. The van der Waals surface area contributed by atoms with Crippen molar-refractivity contribution in [2.75, 3.05) is 33.4 Å². The fourth-order valence-electron chi connectivity index (χ4n) is 3.84. The van der Waals surface area contributed by atoms with E-state index in [1.54, 1.807) is 0 Å². The van der Waals surface area contributed by atoms with Crippen molar-refractivity contribution in [2.45, 2.75) is 31.7 Å². The van der Waals surface area contributed by atoms with Crippen molar-refractivity contribution in [1.29, 1.82) is 0 Å². The zero-order valence-corrected chi connectivity index (χ0v) is 14.7. The lowest BCUT2D eigenvalue weighted by Crippen LogP contribution is -2.60. The standard InChI is InChI=1S/C19H26N2O4/c1-24-13-17(22)20-16-7-8-19(16)9-11-21(12-10-19)18(23)14-25-15-5-3-2-4-6-15/h2-6,16H,7-14H2,1H3,(H,20,22). The van der Waals surface area contributed by atoms with Crippen LogP contribution in [0.25, 0.3) is 0 Å². The first-order chi connectivity index (χ1) is 12.1. The van der Waals surface area contributed by atoms with Crippen LogP contribution in [0.5, 0.6) is 5.75 Å². The van der Waals surface area contributed by atoms with E-state index in [4.69, 9.17) is 9.47 Å². The number of methoxy groups -OCH3 is 1. The van der Waals surface area contributed by atoms with Gasteiger partial charge < -0.3 is 19.7 Å². The average molecular weight is 346 g/mol. The molecule has 0 bridgehead atoms. The zero-order chi connectivity index (χ0) is 17.7. The zero-order valence-electron chi connectivity index (χ0n) is 14.7. The molecule has 1 saturated heterocycles. The molecular weight excluding hydrogens is 320 g/mol. The maximum atomic E-state index is 12.3. The van der Waals surface area contributed by atoms with E-state index in [1.807, 2.05) is 35.2 Å². The van der Waals surface area contributed by atoms with Gasteiger partial charge in [0, 0.05) is 26.2 Å². The van der Waals surface area contributed by atoms with Gasteiger partial charge in [0.05, 0.1) is 0 Å². The lowest BCUT2D eigenvalue weighted by Gasteiger charge is -2.54. The molecule has 2 aliphatic rings. The van der Waals surface area contributed by atoms with E-state index in [-0.39, 0.29) is 36.5 Å². The van der Waals surface area contributed by atoms with Crippen LogP contribution < -0.4 is 10.1 Å². The number of carbonyl (C=O) groups is 2. The summed E-state index contributed by atoms with van der Waals surface area (Å²) >= 11 is 0. The molecule has 1 N–H and O–H groups in total. The Morgan fingerprint density at radius 2 is 1.88 bits per heavy atom. The lowest BCUT2D eigenvalue weighted by molar-refractivity contribution is -0.139. The summed E-state index contributed by atoms with van der Waals surface area (Å²) in [5.74, 6) is 0.684.